The van der Waals surface area contributed by atoms with Crippen LogP contribution >= 0.6 is 0 Å². The molecule has 2 fully saturated rings. The molecule has 0 aromatic carbocycles. The largest absolute Gasteiger partial charge is 0.342 e. The zero-order valence-corrected chi connectivity index (χ0v) is 8.59. The van der Waals surface area contributed by atoms with Crippen molar-refractivity contribution in [2.45, 2.75) is 19.3 Å². The molecule has 2 rings (SSSR count). The highest BCUT2D eigenvalue weighted by atomic mass is 19.3. The number of rotatable bonds is 2. The van der Waals surface area contributed by atoms with Crippen LogP contribution in [0.5, 0.6) is 0 Å². The van der Waals surface area contributed by atoms with Gasteiger partial charge in [-0.1, -0.05) is 0 Å². The van der Waals surface area contributed by atoms with Crippen molar-refractivity contribution >= 4 is 5.91 Å². The van der Waals surface area contributed by atoms with Gasteiger partial charge in [0.05, 0.1) is 5.92 Å². The smallest absolute Gasteiger partial charge is 0.243 e. The van der Waals surface area contributed by atoms with Gasteiger partial charge in [0.1, 0.15) is 0 Å². The van der Waals surface area contributed by atoms with Crippen molar-refractivity contribution in [1.82, 2.24) is 10.2 Å². The van der Waals surface area contributed by atoms with Crippen LogP contribution in [0.25, 0.3) is 0 Å². The van der Waals surface area contributed by atoms with E-state index in [0.717, 1.165) is 0 Å². The summed E-state index contributed by atoms with van der Waals surface area (Å²) in [6, 6.07) is 0. The predicted molar refractivity (Wildman–Crippen MR) is 51.7 cm³/mol. The molecular weight excluding hydrogens is 202 g/mol. The van der Waals surface area contributed by atoms with Crippen LogP contribution in [-0.4, -0.2) is 43.4 Å². The molecule has 0 spiro atoms. The van der Waals surface area contributed by atoms with Gasteiger partial charge in [0.25, 0.3) is 0 Å². The third kappa shape index (κ3) is 2.27. The van der Waals surface area contributed by atoms with Crippen molar-refractivity contribution in [3.63, 3.8) is 0 Å². The van der Waals surface area contributed by atoms with Crippen molar-refractivity contribution in [1.29, 1.82) is 0 Å². The summed E-state index contributed by atoms with van der Waals surface area (Å²) in [6.07, 6.45) is -1.04. The molecule has 0 aromatic rings. The molecule has 1 atom stereocenters. The summed E-state index contributed by atoms with van der Waals surface area (Å²) in [5.74, 6) is -0.531. The average Bonchev–Trinajstić information content (AvgIpc) is 2.15. The molecule has 3 nitrogen and oxygen atoms in total. The van der Waals surface area contributed by atoms with Crippen molar-refractivity contribution in [3.05, 3.63) is 0 Å². The van der Waals surface area contributed by atoms with Crippen molar-refractivity contribution < 1.29 is 13.6 Å². The minimum atomic E-state index is -2.29. The summed E-state index contributed by atoms with van der Waals surface area (Å²) >= 11 is 0. The Morgan fingerprint density at radius 2 is 2.13 bits per heavy atom. The zero-order chi connectivity index (χ0) is 10.8. The molecule has 0 saturated carbocycles. The summed E-state index contributed by atoms with van der Waals surface area (Å²) in [5, 5.41) is 3.02. The van der Waals surface area contributed by atoms with E-state index in [4.69, 9.17) is 0 Å². The van der Waals surface area contributed by atoms with Gasteiger partial charge in [0.2, 0.25) is 12.3 Å². The Hall–Kier alpha value is -0.710. The van der Waals surface area contributed by atoms with E-state index in [2.05, 4.69) is 5.32 Å². The first-order chi connectivity index (χ1) is 7.18. The summed E-state index contributed by atoms with van der Waals surface area (Å²) in [7, 11) is 0. The number of carbonyl (C=O) groups excluding carboxylic acids is 1. The second kappa shape index (κ2) is 4.43. The lowest BCUT2D eigenvalue weighted by atomic mass is 9.95. The quantitative estimate of drug-likeness (QED) is 0.740. The zero-order valence-electron chi connectivity index (χ0n) is 8.59. The molecule has 1 N–H and O–H groups in total. The fraction of sp³-hybridized carbons (Fsp3) is 0.900. The van der Waals surface area contributed by atoms with Crippen LogP contribution in [0, 0.1) is 11.8 Å². The fourth-order valence-corrected chi connectivity index (χ4v) is 2.14. The lowest BCUT2D eigenvalue weighted by Crippen LogP contribution is -2.54. The first-order valence-corrected chi connectivity index (χ1v) is 5.46. The number of nitrogens with one attached hydrogen (secondary N) is 1. The maximum atomic E-state index is 12.5. The number of likely N-dealkylation sites (tertiary alicyclic amines) is 1. The Morgan fingerprint density at radius 1 is 1.40 bits per heavy atom. The molecule has 1 amide bonds. The number of carbonyl (C=O) groups is 1. The molecular formula is C10H16F2N2O. The number of nitrogens with zero attached hydrogens (tertiary/aromatic N) is 1. The van der Waals surface area contributed by atoms with E-state index in [1.165, 1.54) is 0 Å². The normalized spacial score (nSPS) is 27.9. The van der Waals surface area contributed by atoms with E-state index in [1.807, 2.05) is 0 Å². The van der Waals surface area contributed by atoms with Crippen molar-refractivity contribution in [2.24, 2.45) is 11.8 Å². The topological polar surface area (TPSA) is 32.3 Å². The van der Waals surface area contributed by atoms with Gasteiger partial charge in [-0.3, -0.25) is 4.79 Å². The average molecular weight is 218 g/mol. The summed E-state index contributed by atoms with van der Waals surface area (Å²) < 4.78 is 25.0. The van der Waals surface area contributed by atoms with Gasteiger partial charge in [-0.15, -0.1) is 0 Å². The van der Waals surface area contributed by atoms with Gasteiger partial charge >= 0.3 is 0 Å². The van der Waals surface area contributed by atoms with E-state index in [9.17, 15) is 13.6 Å². The summed E-state index contributed by atoms with van der Waals surface area (Å²) in [4.78, 5) is 13.4. The second-order valence-electron chi connectivity index (χ2n) is 4.38. The molecule has 86 valence electrons. The van der Waals surface area contributed by atoms with Crippen LogP contribution in [0.3, 0.4) is 0 Å². The number of hydrogen-bond acceptors (Lipinski definition) is 2. The molecule has 0 bridgehead atoms. The van der Waals surface area contributed by atoms with Crippen LogP contribution in [0.1, 0.15) is 12.8 Å². The molecule has 2 heterocycles. The molecule has 0 radical (unpaired) electrons. The molecule has 2 saturated heterocycles. The van der Waals surface area contributed by atoms with Gasteiger partial charge in [-0.05, 0) is 12.8 Å². The minimum Gasteiger partial charge on any atom is -0.342 e. The molecule has 0 aromatic heterocycles. The Kier molecular flexibility index (Phi) is 3.19. The Balaban J connectivity index is 1.88. The Bertz CT molecular complexity index is 244. The van der Waals surface area contributed by atoms with Gasteiger partial charge < -0.3 is 10.2 Å². The monoisotopic (exact) mass is 218 g/mol. The van der Waals surface area contributed by atoms with E-state index in [1.54, 1.807) is 4.90 Å². The maximum absolute atomic E-state index is 12.5. The van der Waals surface area contributed by atoms with Crippen LogP contribution in [0.2, 0.25) is 0 Å². The van der Waals surface area contributed by atoms with E-state index in [-0.39, 0.29) is 18.4 Å². The van der Waals surface area contributed by atoms with E-state index in [0.29, 0.717) is 32.5 Å². The molecule has 0 unspecified atom stereocenters. The van der Waals surface area contributed by atoms with Crippen LogP contribution in [0.15, 0.2) is 0 Å². The molecule has 2 aliphatic heterocycles. The highest BCUT2D eigenvalue weighted by Gasteiger charge is 2.34. The number of amides is 1. The van der Waals surface area contributed by atoms with Crippen molar-refractivity contribution in [2.75, 3.05) is 26.2 Å². The molecule has 2 aliphatic rings. The predicted octanol–water partition coefficient (Wildman–Crippen LogP) is 0.710. The lowest BCUT2D eigenvalue weighted by molar-refractivity contribution is -0.140. The number of piperidine rings is 1. The maximum Gasteiger partial charge on any atom is 0.243 e. The Labute approximate surface area is 87.8 Å². The fourth-order valence-electron chi connectivity index (χ4n) is 2.14. The highest BCUT2D eigenvalue weighted by Crippen LogP contribution is 2.24. The van der Waals surface area contributed by atoms with E-state index >= 15 is 0 Å². The molecule has 15 heavy (non-hydrogen) atoms. The van der Waals surface area contributed by atoms with Crippen LogP contribution in [-0.2, 0) is 4.79 Å². The third-order valence-electron chi connectivity index (χ3n) is 3.26. The number of hydrogen-bond donors (Lipinski definition) is 1. The van der Waals surface area contributed by atoms with Crippen molar-refractivity contribution in [3.8, 4) is 0 Å². The highest BCUT2D eigenvalue weighted by molar-refractivity contribution is 5.80. The third-order valence-corrected chi connectivity index (χ3v) is 3.26. The first-order valence-electron chi connectivity index (χ1n) is 5.46. The Morgan fingerprint density at radius 3 is 2.67 bits per heavy atom. The van der Waals surface area contributed by atoms with Gasteiger partial charge in [0, 0.05) is 32.1 Å². The van der Waals surface area contributed by atoms with E-state index < -0.39 is 12.3 Å². The second-order valence-corrected chi connectivity index (χ2v) is 4.38. The lowest BCUT2D eigenvalue weighted by Gasteiger charge is -2.37. The van der Waals surface area contributed by atoms with Gasteiger partial charge in [-0.2, -0.15) is 0 Å². The first kappa shape index (κ1) is 10.8. The SMILES string of the molecule is O=C(C1CNC1)N1CCC[C@H](C(F)F)C1. The summed E-state index contributed by atoms with van der Waals surface area (Å²) in [5.41, 5.74) is 0. The van der Waals surface area contributed by atoms with Gasteiger partial charge in [-0.25, -0.2) is 8.78 Å². The number of alkyl halides is 2. The van der Waals surface area contributed by atoms with Gasteiger partial charge in [0.15, 0.2) is 0 Å². The molecule has 5 heteroatoms. The number of halogens is 2. The minimum absolute atomic E-state index is 0.0291. The standard InChI is InChI=1S/C10H16F2N2O/c11-9(12)7-2-1-3-14(6-7)10(15)8-4-13-5-8/h7-9,13H,1-6H2/t7-/m0/s1. The molecule has 0 aliphatic carbocycles. The summed E-state index contributed by atoms with van der Waals surface area (Å²) in [6.45, 7) is 2.30. The van der Waals surface area contributed by atoms with Crippen LogP contribution in [0.4, 0.5) is 8.78 Å². The van der Waals surface area contributed by atoms with Crippen LogP contribution < -0.4 is 5.32 Å².